The lowest BCUT2D eigenvalue weighted by molar-refractivity contribution is -0.136. The van der Waals surface area contributed by atoms with Gasteiger partial charge in [0.25, 0.3) is 0 Å². The first-order valence-electron chi connectivity index (χ1n) is 8.73. The largest absolute Gasteiger partial charge is 0.478 e. The van der Waals surface area contributed by atoms with Crippen LogP contribution in [0.4, 0.5) is 0 Å². The lowest BCUT2D eigenvalue weighted by atomic mass is 9.99. The van der Waals surface area contributed by atoms with E-state index in [-0.39, 0.29) is 17.6 Å². The van der Waals surface area contributed by atoms with E-state index >= 15 is 0 Å². The van der Waals surface area contributed by atoms with Crippen LogP contribution in [0.2, 0.25) is 0 Å². The summed E-state index contributed by atoms with van der Waals surface area (Å²) in [6.45, 7) is 3.90. The molecule has 128 valence electrons. The topological polar surface area (TPSA) is 74.6 Å². The lowest BCUT2D eigenvalue weighted by Gasteiger charge is -2.07. The van der Waals surface area contributed by atoms with Gasteiger partial charge in [-0.2, -0.15) is 0 Å². The summed E-state index contributed by atoms with van der Waals surface area (Å²) >= 11 is 0. The Bertz CT molecular complexity index is 358. The van der Waals surface area contributed by atoms with Gasteiger partial charge in [0.2, 0.25) is 0 Å². The van der Waals surface area contributed by atoms with Crippen molar-refractivity contribution in [2.75, 3.05) is 0 Å². The van der Waals surface area contributed by atoms with Gasteiger partial charge in [0.1, 0.15) is 0 Å². The Kier molecular flexibility index (Phi) is 12.5. The third-order valence-corrected chi connectivity index (χ3v) is 4.01. The molecule has 0 aromatic heterocycles. The molecule has 4 heteroatoms. The summed E-state index contributed by atoms with van der Waals surface area (Å²) in [5.41, 5.74) is 0.123. The standard InChI is InChI=1S/C18H32O4/c1-3-5-6-7-8-9-10-11-12-13-14-16(18(21)22)15(4-2)17(19)20/h3-14H2,1-2H3,(H,19,20)(H,21,22)/b16-15+. The Morgan fingerprint density at radius 1 is 0.636 bits per heavy atom. The molecule has 0 aromatic carbocycles. The molecule has 0 bridgehead atoms. The molecule has 0 amide bonds. The van der Waals surface area contributed by atoms with Crippen LogP contribution in [0.25, 0.3) is 0 Å². The Balaban J connectivity index is 3.88. The zero-order valence-electron chi connectivity index (χ0n) is 14.2. The Labute approximate surface area is 134 Å². The maximum atomic E-state index is 11.2. The maximum absolute atomic E-state index is 11.2. The Hall–Kier alpha value is -1.32. The van der Waals surface area contributed by atoms with E-state index in [1.165, 1.54) is 44.9 Å². The van der Waals surface area contributed by atoms with Gasteiger partial charge in [-0.1, -0.05) is 71.6 Å². The summed E-state index contributed by atoms with van der Waals surface area (Å²) < 4.78 is 0. The molecule has 0 unspecified atom stereocenters. The average molecular weight is 312 g/mol. The third kappa shape index (κ3) is 9.59. The van der Waals surface area contributed by atoms with Crippen molar-refractivity contribution in [1.82, 2.24) is 0 Å². The Morgan fingerprint density at radius 3 is 1.41 bits per heavy atom. The highest BCUT2D eigenvalue weighted by molar-refractivity contribution is 5.98. The fraction of sp³-hybridized carbons (Fsp3) is 0.778. The molecule has 0 aliphatic carbocycles. The second-order valence-corrected chi connectivity index (χ2v) is 5.85. The molecule has 0 aliphatic heterocycles. The van der Waals surface area contributed by atoms with Gasteiger partial charge >= 0.3 is 11.9 Å². The summed E-state index contributed by atoms with van der Waals surface area (Å²) in [5, 5.41) is 18.2. The quantitative estimate of drug-likeness (QED) is 0.342. The molecule has 22 heavy (non-hydrogen) atoms. The van der Waals surface area contributed by atoms with Crippen molar-refractivity contribution >= 4 is 11.9 Å². The smallest absolute Gasteiger partial charge is 0.332 e. The molecule has 0 saturated heterocycles. The van der Waals surface area contributed by atoms with Gasteiger partial charge in [0, 0.05) is 11.1 Å². The van der Waals surface area contributed by atoms with Crippen molar-refractivity contribution in [2.45, 2.75) is 90.9 Å². The predicted octanol–water partition coefficient (Wildman–Crippen LogP) is 5.17. The first-order valence-corrected chi connectivity index (χ1v) is 8.73. The van der Waals surface area contributed by atoms with Crippen molar-refractivity contribution in [3.05, 3.63) is 11.1 Å². The normalized spacial score (nSPS) is 12.1. The van der Waals surface area contributed by atoms with Gasteiger partial charge in [-0.05, 0) is 19.3 Å². The van der Waals surface area contributed by atoms with Crippen molar-refractivity contribution in [3.8, 4) is 0 Å². The van der Waals surface area contributed by atoms with Gasteiger partial charge in [0.15, 0.2) is 0 Å². The highest BCUT2D eigenvalue weighted by atomic mass is 16.4. The van der Waals surface area contributed by atoms with Crippen LogP contribution in [0, 0.1) is 0 Å². The molecular weight excluding hydrogens is 280 g/mol. The minimum Gasteiger partial charge on any atom is -0.478 e. The summed E-state index contributed by atoms with van der Waals surface area (Å²) in [7, 11) is 0. The van der Waals surface area contributed by atoms with Crippen LogP contribution in [0.5, 0.6) is 0 Å². The minimum atomic E-state index is -1.10. The molecule has 0 radical (unpaired) electrons. The SMILES string of the molecule is CCCCCCCCCCCC/C(C(=O)O)=C(/CC)C(=O)O. The highest BCUT2D eigenvalue weighted by Crippen LogP contribution is 2.18. The Morgan fingerprint density at radius 2 is 1.05 bits per heavy atom. The van der Waals surface area contributed by atoms with E-state index in [1.54, 1.807) is 6.92 Å². The lowest BCUT2D eigenvalue weighted by Crippen LogP contribution is -2.11. The van der Waals surface area contributed by atoms with Crippen LogP contribution in [0.1, 0.15) is 90.9 Å². The van der Waals surface area contributed by atoms with Crippen molar-refractivity contribution < 1.29 is 19.8 Å². The zero-order valence-corrected chi connectivity index (χ0v) is 14.2. The molecular formula is C18H32O4. The van der Waals surface area contributed by atoms with E-state index in [2.05, 4.69) is 6.92 Å². The van der Waals surface area contributed by atoms with Crippen molar-refractivity contribution in [2.24, 2.45) is 0 Å². The van der Waals surface area contributed by atoms with Crippen LogP contribution in [-0.2, 0) is 9.59 Å². The zero-order chi connectivity index (χ0) is 16.8. The second-order valence-electron chi connectivity index (χ2n) is 5.85. The minimum absolute atomic E-state index is 0.0448. The van der Waals surface area contributed by atoms with Gasteiger partial charge in [0.05, 0.1) is 0 Å². The molecule has 2 N–H and O–H groups in total. The molecule has 4 nitrogen and oxygen atoms in total. The van der Waals surface area contributed by atoms with E-state index in [9.17, 15) is 9.59 Å². The highest BCUT2D eigenvalue weighted by Gasteiger charge is 2.17. The molecule has 0 aromatic rings. The molecule has 0 saturated carbocycles. The molecule has 0 aliphatic rings. The van der Waals surface area contributed by atoms with E-state index in [4.69, 9.17) is 10.2 Å². The molecule has 0 atom stereocenters. The number of unbranched alkanes of at least 4 members (excludes halogenated alkanes) is 9. The fourth-order valence-corrected chi connectivity index (χ4v) is 2.67. The molecule has 0 spiro atoms. The molecule has 0 rings (SSSR count). The van der Waals surface area contributed by atoms with Crippen molar-refractivity contribution in [3.63, 3.8) is 0 Å². The number of rotatable bonds is 14. The second kappa shape index (κ2) is 13.4. The van der Waals surface area contributed by atoms with Crippen LogP contribution in [0.15, 0.2) is 11.1 Å². The monoisotopic (exact) mass is 312 g/mol. The average Bonchev–Trinajstić information content (AvgIpc) is 2.47. The van der Waals surface area contributed by atoms with Crippen LogP contribution in [-0.4, -0.2) is 22.2 Å². The number of hydrogen-bond acceptors (Lipinski definition) is 2. The number of aliphatic carboxylic acids is 2. The first kappa shape index (κ1) is 20.7. The first-order chi connectivity index (χ1) is 10.5. The van der Waals surface area contributed by atoms with E-state index in [0.29, 0.717) is 6.42 Å². The van der Waals surface area contributed by atoms with Gasteiger partial charge in [-0.25, -0.2) is 9.59 Å². The van der Waals surface area contributed by atoms with Gasteiger partial charge < -0.3 is 10.2 Å². The third-order valence-electron chi connectivity index (χ3n) is 4.01. The van der Waals surface area contributed by atoms with Crippen LogP contribution < -0.4 is 0 Å². The van der Waals surface area contributed by atoms with Crippen LogP contribution in [0.3, 0.4) is 0 Å². The maximum Gasteiger partial charge on any atom is 0.332 e. The van der Waals surface area contributed by atoms with E-state index in [0.717, 1.165) is 19.3 Å². The predicted molar refractivity (Wildman–Crippen MR) is 89.0 cm³/mol. The van der Waals surface area contributed by atoms with Gasteiger partial charge in [-0.3, -0.25) is 0 Å². The number of carboxylic acid groups (broad SMARTS) is 2. The van der Waals surface area contributed by atoms with Crippen LogP contribution >= 0.6 is 0 Å². The summed E-state index contributed by atoms with van der Waals surface area (Å²) in [4.78, 5) is 22.2. The number of carboxylic acids is 2. The number of carbonyl (C=O) groups is 2. The van der Waals surface area contributed by atoms with Gasteiger partial charge in [-0.15, -0.1) is 0 Å². The fourth-order valence-electron chi connectivity index (χ4n) is 2.67. The molecule has 0 fully saturated rings. The van der Waals surface area contributed by atoms with E-state index in [1.807, 2.05) is 0 Å². The summed E-state index contributed by atoms with van der Waals surface area (Å²) in [6, 6.07) is 0. The number of hydrogen-bond donors (Lipinski definition) is 2. The molecule has 0 heterocycles. The van der Waals surface area contributed by atoms with E-state index < -0.39 is 11.9 Å². The summed E-state index contributed by atoms with van der Waals surface area (Å²) in [5.74, 6) is -2.19. The van der Waals surface area contributed by atoms with Crippen molar-refractivity contribution in [1.29, 1.82) is 0 Å². The summed E-state index contributed by atoms with van der Waals surface area (Å²) in [6.07, 6.45) is 12.4.